The number of fused-ring (bicyclic) bond motifs is 1. The van der Waals surface area contributed by atoms with Crippen LogP contribution in [0.25, 0.3) is 10.9 Å². The van der Waals surface area contributed by atoms with Crippen molar-refractivity contribution in [2.75, 3.05) is 27.3 Å². The van der Waals surface area contributed by atoms with Crippen LogP contribution in [0.2, 0.25) is 0 Å². The minimum Gasteiger partial charge on any atom is -0.496 e. The highest BCUT2D eigenvalue weighted by Gasteiger charge is 2.50. The van der Waals surface area contributed by atoms with Gasteiger partial charge < -0.3 is 30.0 Å². The SMILES string of the molecule is COC(=O)[C@H](C[C@@H]1CCNC1=O)NC(=O)[C@@H]1CC2(CCCC2)CN1C(=O)c1cc2c(OC)cccc2[nH]1. The van der Waals surface area contributed by atoms with Gasteiger partial charge in [0, 0.05) is 29.9 Å². The number of carbonyl (C=O) groups excluding carboxylic acids is 4. The molecule has 5 rings (SSSR count). The number of rotatable bonds is 7. The van der Waals surface area contributed by atoms with Gasteiger partial charge in [0.1, 0.15) is 23.5 Å². The van der Waals surface area contributed by atoms with Crippen LogP contribution in [-0.2, 0) is 19.1 Å². The minimum atomic E-state index is -0.958. The van der Waals surface area contributed by atoms with Gasteiger partial charge in [0.25, 0.3) is 5.91 Å². The third-order valence-electron chi connectivity index (χ3n) is 8.30. The van der Waals surface area contributed by atoms with Gasteiger partial charge in [-0.25, -0.2) is 4.79 Å². The fraction of sp³-hybridized carbons (Fsp3) is 0.556. The Morgan fingerprint density at radius 2 is 2.00 bits per heavy atom. The van der Waals surface area contributed by atoms with Crippen molar-refractivity contribution in [3.05, 3.63) is 30.0 Å². The molecule has 2 aromatic rings. The lowest BCUT2D eigenvalue weighted by Crippen LogP contribution is -2.51. The zero-order valence-corrected chi connectivity index (χ0v) is 21.3. The van der Waals surface area contributed by atoms with Crippen LogP contribution >= 0.6 is 0 Å². The van der Waals surface area contributed by atoms with E-state index in [-0.39, 0.29) is 35.5 Å². The normalized spacial score (nSPS) is 23.3. The summed E-state index contributed by atoms with van der Waals surface area (Å²) in [5.74, 6) is -1.07. The number of hydrogen-bond acceptors (Lipinski definition) is 6. The molecule has 3 amide bonds. The predicted molar refractivity (Wildman–Crippen MR) is 135 cm³/mol. The summed E-state index contributed by atoms with van der Waals surface area (Å²) in [5.41, 5.74) is 1.06. The Labute approximate surface area is 215 Å². The van der Waals surface area contributed by atoms with Crippen molar-refractivity contribution in [1.82, 2.24) is 20.5 Å². The van der Waals surface area contributed by atoms with E-state index in [1.54, 1.807) is 18.1 Å². The zero-order valence-electron chi connectivity index (χ0n) is 21.3. The van der Waals surface area contributed by atoms with Crippen LogP contribution in [-0.4, -0.2) is 73.0 Å². The highest BCUT2D eigenvalue weighted by Crippen LogP contribution is 2.48. The van der Waals surface area contributed by atoms with Gasteiger partial charge in [-0.2, -0.15) is 0 Å². The maximum Gasteiger partial charge on any atom is 0.328 e. The van der Waals surface area contributed by atoms with E-state index in [9.17, 15) is 19.2 Å². The number of esters is 1. The Kier molecular flexibility index (Phi) is 6.83. The van der Waals surface area contributed by atoms with Crippen LogP contribution in [0.5, 0.6) is 5.75 Å². The molecule has 3 aliphatic rings. The predicted octanol–water partition coefficient (Wildman–Crippen LogP) is 2.14. The summed E-state index contributed by atoms with van der Waals surface area (Å²) >= 11 is 0. The highest BCUT2D eigenvalue weighted by atomic mass is 16.5. The molecule has 10 nitrogen and oxygen atoms in total. The molecule has 3 N–H and O–H groups in total. The van der Waals surface area contributed by atoms with E-state index < -0.39 is 18.1 Å². The molecule has 1 aromatic heterocycles. The summed E-state index contributed by atoms with van der Waals surface area (Å²) in [6.45, 7) is 1.04. The van der Waals surface area contributed by atoms with E-state index in [2.05, 4.69) is 15.6 Å². The average Bonchev–Trinajstić information content (AvgIpc) is 3.70. The van der Waals surface area contributed by atoms with E-state index in [0.29, 0.717) is 37.4 Å². The molecule has 2 aliphatic heterocycles. The molecule has 1 spiro atoms. The molecule has 10 heteroatoms. The Bertz CT molecular complexity index is 1220. The molecule has 1 aliphatic carbocycles. The first-order valence-electron chi connectivity index (χ1n) is 13.0. The average molecular weight is 511 g/mol. The zero-order chi connectivity index (χ0) is 26.2. The van der Waals surface area contributed by atoms with Gasteiger partial charge in [-0.05, 0) is 55.7 Å². The largest absolute Gasteiger partial charge is 0.496 e. The summed E-state index contributed by atoms with van der Waals surface area (Å²) < 4.78 is 10.4. The number of ether oxygens (including phenoxy) is 2. The standard InChI is InChI=1S/C27H34N4O6/c1-36-22-7-5-6-18-17(22)13-19(29-18)25(34)31-15-27(9-3-4-10-27)14-21(31)24(33)30-20(26(35)37-2)12-16-8-11-28-23(16)32/h5-7,13,16,20-21,29H,3-4,8-12,14-15H2,1-2H3,(H,28,32)(H,30,33)/t16-,20-,21-/m0/s1. The number of aromatic amines is 1. The van der Waals surface area contributed by atoms with Gasteiger partial charge in [-0.15, -0.1) is 0 Å². The van der Waals surface area contributed by atoms with E-state index in [1.165, 1.54) is 7.11 Å². The second-order valence-corrected chi connectivity index (χ2v) is 10.6. The number of hydrogen-bond donors (Lipinski definition) is 3. The van der Waals surface area contributed by atoms with Crippen molar-refractivity contribution >= 4 is 34.6 Å². The first-order valence-corrected chi connectivity index (χ1v) is 13.0. The van der Waals surface area contributed by atoms with Gasteiger partial charge in [-0.1, -0.05) is 18.9 Å². The molecule has 2 saturated heterocycles. The number of amides is 3. The van der Waals surface area contributed by atoms with Crippen LogP contribution in [0.15, 0.2) is 24.3 Å². The Morgan fingerprint density at radius 3 is 2.68 bits per heavy atom. The van der Waals surface area contributed by atoms with Crippen molar-refractivity contribution in [2.45, 2.75) is 57.0 Å². The molecule has 1 aromatic carbocycles. The Morgan fingerprint density at radius 1 is 1.22 bits per heavy atom. The topological polar surface area (TPSA) is 130 Å². The fourth-order valence-electron chi connectivity index (χ4n) is 6.35. The molecule has 0 bridgehead atoms. The smallest absolute Gasteiger partial charge is 0.328 e. The number of likely N-dealkylation sites (tertiary alicyclic amines) is 1. The van der Waals surface area contributed by atoms with Crippen molar-refractivity contribution in [3.63, 3.8) is 0 Å². The summed E-state index contributed by atoms with van der Waals surface area (Å²) in [7, 11) is 2.85. The number of carbonyl (C=O) groups is 4. The molecule has 3 fully saturated rings. The molecule has 37 heavy (non-hydrogen) atoms. The van der Waals surface area contributed by atoms with Crippen LogP contribution in [0, 0.1) is 11.3 Å². The molecule has 3 heterocycles. The van der Waals surface area contributed by atoms with Crippen LogP contribution in [0.1, 0.15) is 55.4 Å². The van der Waals surface area contributed by atoms with Crippen LogP contribution in [0.4, 0.5) is 0 Å². The number of benzene rings is 1. The number of nitrogens with zero attached hydrogens (tertiary/aromatic N) is 1. The second kappa shape index (κ2) is 10.1. The quantitative estimate of drug-likeness (QED) is 0.490. The van der Waals surface area contributed by atoms with Crippen molar-refractivity contribution in [2.24, 2.45) is 11.3 Å². The summed E-state index contributed by atoms with van der Waals surface area (Å²) in [4.78, 5) is 56.9. The molecule has 0 unspecified atom stereocenters. The van der Waals surface area contributed by atoms with E-state index >= 15 is 0 Å². The third-order valence-corrected chi connectivity index (χ3v) is 8.30. The summed E-state index contributed by atoms with van der Waals surface area (Å²) in [5, 5.41) is 6.39. The minimum absolute atomic E-state index is 0.104. The number of aromatic nitrogens is 1. The molecular formula is C27H34N4O6. The van der Waals surface area contributed by atoms with Gasteiger partial charge in [0.15, 0.2) is 0 Å². The van der Waals surface area contributed by atoms with E-state index in [0.717, 1.165) is 36.6 Å². The fourth-order valence-corrected chi connectivity index (χ4v) is 6.35. The van der Waals surface area contributed by atoms with Crippen molar-refractivity contribution in [3.8, 4) is 5.75 Å². The first kappa shape index (κ1) is 25.1. The number of H-pyrrole nitrogens is 1. The van der Waals surface area contributed by atoms with Crippen molar-refractivity contribution < 1.29 is 28.7 Å². The van der Waals surface area contributed by atoms with E-state index in [4.69, 9.17) is 9.47 Å². The third kappa shape index (κ3) is 4.76. The number of methoxy groups -OCH3 is 2. The van der Waals surface area contributed by atoms with Crippen LogP contribution < -0.4 is 15.4 Å². The molecule has 3 atom stereocenters. The lowest BCUT2D eigenvalue weighted by atomic mass is 9.84. The van der Waals surface area contributed by atoms with Gasteiger partial charge in [0.05, 0.1) is 14.2 Å². The lowest BCUT2D eigenvalue weighted by Gasteiger charge is -2.26. The monoisotopic (exact) mass is 510 g/mol. The van der Waals surface area contributed by atoms with Crippen LogP contribution in [0.3, 0.4) is 0 Å². The van der Waals surface area contributed by atoms with E-state index in [1.807, 2.05) is 18.2 Å². The summed E-state index contributed by atoms with van der Waals surface area (Å²) in [6.07, 6.45) is 5.38. The molecule has 0 radical (unpaired) electrons. The lowest BCUT2D eigenvalue weighted by molar-refractivity contribution is -0.146. The van der Waals surface area contributed by atoms with Gasteiger partial charge in [0.2, 0.25) is 11.8 Å². The molecule has 198 valence electrons. The maximum absolute atomic E-state index is 13.8. The second-order valence-electron chi connectivity index (χ2n) is 10.6. The molecule has 1 saturated carbocycles. The number of nitrogens with one attached hydrogen (secondary N) is 3. The highest BCUT2D eigenvalue weighted by molar-refractivity contribution is 6.02. The Balaban J connectivity index is 1.40. The summed E-state index contributed by atoms with van der Waals surface area (Å²) in [6, 6.07) is 5.65. The van der Waals surface area contributed by atoms with Gasteiger partial charge >= 0.3 is 5.97 Å². The Hall–Kier alpha value is -3.56. The van der Waals surface area contributed by atoms with Gasteiger partial charge in [-0.3, -0.25) is 14.4 Å². The van der Waals surface area contributed by atoms with Crippen molar-refractivity contribution in [1.29, 1.82) is 0 Å². The first-order chi connectivity index (χ1) is 17.8. The molecular weight excluding hydrogens is 476 g/mol. The maximum atomic E-state index is 13.8.